The molecule has 2 nitrogen and oxygen atoms in total. The van der Waals surface area contributed by atoms with E-state index < -0.39 is 11.6 Å². The third-order valence-corrected chi connectivity index (χ3v) is 3.33. The van der Waals surface area contributed by atoms with E-state index in [0.717, 1.165) is 6.42 Å². The van der Waals surface area contributed by atoms with Crippen molar-refractivity contribution in [1.29, 1.82) is 0 Å². The highest BCUT2D eigenvalue weighted by molar-refractivity contribution is 5.78. The number of esters is 1. The molecule has 1 fully saturated rings. The van der Waals surface area contributed by atoms with Gasteiger partial charge in [-0.15, -0.1) is 0 Å². The zero-order valence-corrected chi connectivity index (χ0v) is 9.20. The molecule has 1 saturated carbocycles. The molecule has 2 aliphatic rings. The Morgan fingerprint density at radius 1 is 1.47 bits per heavy atom. The standard InChI is InChI=1S/C12H17FO2/c1-12(2,13)11(14)15-7-10-6-8-3-4-9(10)5-8/h3-4,8-10H,5-7H2,1-2H3/t8?,9-,10?/m0/s1. The molecule has 0 aromatic rings. The summed E-state index contributed by atoms with van der Waals surface area (Å²) in [4.78, 5) is 11.2. The molecular weight excluding hydrogens is 195 g/mol. The summed E-state index contributed by atoms with van der Waals surface area (Å²) in [6, 6.07) is 0. The van der Waals surface area contributed by atoms with Crippen LogP contribution < -0.4 is 0 Å². The van der Waals surface area contributed by atoms with Gasteiger partial charge < -0.3 is 4.74 Å². The van der Waals surface area contributed by atoms with E-state index in [0.29, 0.717) is 24.4 Å². The SMILES string of the molecule is CC(C)(F)C(=O)OCC1CC2C=C[C@H]1C2. The van der Waals surface area contributed by atoms with Gasteiger partial charge in [0.25, 0.3) is 0 Å². The molecule has 0 amide bonds. The first-order chi connectivity index (χ1) is 6.97. The van der Waals surface area contributed by atoms with Crippen molar-refractivity contribution in [3.8, 4) is 0 Å². The van der Waals surface area contributed by atoms with Crippen molar-refractivity contribution in [1.82, 2.24) is 0 Å². The summed E-state index contributed by atoms with van der Waals surface area (Å²) in [6.07, 6.45) is 6.71. The van der Waals surface area contributed by atoms with Crippen LogP contribution in [0, 0.1) is 17.8 Å². The molecule has 0 aromatic heterocycles. The quantitative estimate of drug-likeness (QED) is 0.530. The molecule has 0 saturated heterocycles. The average Bonchev–Trinajstić information content (AvgIpc) is 2.73. The molecule has 0 N–H and O–H groups in total. The van der Waals surface area contributed by atoms with Gasteiger partial charge in [-0.2, -0.15) is 0 Å². The summed E-state index contributed by atoms with van der Waals surface area (Å²) in [5, 5.41) is 0. The minimum atomic E-state index is -1.87. The van der Waals surface area contributed by atoms with E-state index in [4.69, 9.17) is 4.74 Å². The van der Waals surface area contributed by atoms with Crippen molar-refractivity contribution < 1.29 is 13.9 Å². The smallest absolute Gasteiger partial charge is 0.343 e. The van der Waals surface area contributed by atoms with E-state index in [1.54, 1.807) is 0 Å². The van der Waals surface area contributed by atoms with Crippen molar-refractivity contribution in [2.75, 3.05) is 6.61 Å². The predicted octanol–water partition coefficient (Wildman–Crippen LogP) is 2.49. The van der Waals surface area contributed by atoms with Crippen LogP contribution in [0.15, 0.2) is 12.2 Å². The minimum absolute atomic E-state index is 0.373. The van der Waals surface area contributed by atoms with E-state index in [1.165, 1.54) is 20.3 Å². The Bertz CT molecular complexity index is 290. The number of alkyl halides is 1. The average molecular weight is 212 g/mol. The lowest BCUT2D eigenvalue weighted by Crippen LogP contribution is -2.30. The lowest BCUT2D eigenvalue weighted by Gasteiger charge is -2.20. The molecule has 2 aliphatic carbocycles. The number of fused-ring (bicyclic) bond motifs is 2. The molecule has 0 aromatic carbocycles. The fourth-order valence-electron chi connectivity index (χ4n) is 2.44. The van der Waals surface area contributed by atoms with Gasteiger partial charge in [0.1, 0.15) is 0 Å². The van der Waals surface area contributed by atoms with Crippen molar-refractivity contribution in [2.24, 2.45) is 17.8 Å². The number of hydrogen-bond donors (Lipinski definition) is 0. The maximum Gasteiger partial charge on any atom is 0.343 e. The van der Waals surface area contributed by atoms with Crippen LogP contribution in [-0.4, -0.2) is 18.2 Å². The third kappa shape index (κ3) is 2.21. The lowest BCUT2D eigenvalue weighted by molar-refractivity contribution is -0.157. The van der Waals surface area contributed by atoms with Crippen LogP contribution in [0.1, 0.15) is 26.7 Å². The Morgan fingerprint density at radius 2 is 2.20 bits per heavy atom. The first kappa shape index (κ1) is 10.7. The first-order valence-corrected chi connectivity index (χ1v) is 5.51. The minimum Gasteiger partial charge on any atom is -0.463 e. The second-order valence-electron chi connectivity index (χ2n) is 5.11. The number of allylic oxidation sites excluding steroid dienone is 2. The molecule has 2 bridgehead atoms. The highest BCUT2D eigenvalue weighted by Crippen LogP contribution is 2.43. The van der Waals surface area contributed by atoms with Crippen LogP contribution in [0.2, 0.25) is 0 Å². The van der Waals surface area contributed by atoms with Gasteiger partial charge in [-0.05, 0) is 44.4 Å². The topological polar surface area (TPSA) is 26.3 Å². The van der Waals surface area contributed by atoms with Gasteiger partial charge in [-0.3, -0.25) is 0 Å². The van der Waals surface area contributed by atoms with Crippen LogP contribution in [0.3, 0.4) is 0 Å². The van der Waals surface area contributed by atoms with Crippen LogP contribution >= 0.6 is 0 Å². The predicted molar refractivity (Wildman–Crippen MR) is 55.0 cm³/mol. The summed E-state index contributed by atoms with van der Waals surface area (Å²) in [7, 11) is 0. The molecule has 0 aliphatic heterocycles. The van der Waals surface area contributed by atoms with E-state index in [-0.39, 0.29) is 0 Å². The van der Waals surface area contributed by atoms with E-state index >= 15 is 0 Å². The number of ether oxygens (including phenoxy) is 1. The summed E-state index contributed by atoms with van der Waals surface area (Å²) in [5.74, 6) is 0.878. The van der Waals surface area contributed by atoms with Gasteiger partial charge in [0.05, 0.1) is 6.61 Å². The molecule has 15 heavy (non-hydrogen) atoms. The lowest BCUT2D eigenvalue weighted by atomic mass is 9.94. The Kier molecular flexibility index (Phi) is 2.57. The van der Waals surface area contributed by atoms with E-state index in [9.17, 15) is 9.18 Å². The Hall–Kier alpha value is -0.860. The van der Waals surface area contributed by atoms with Crippen LogP contribution in [0.25, 0.3) is 0 Å². The van der Waals surface area contributed by atoms with Crippen molar-refractivity contribution >= 4 is 5.97 Å². The van der Waals surface area contributed by atoms with Crippen molar-refractivity contribution in [2.45, 2.75) is 32.4 Å². The first-order valence-electron chi connectivity index (χ1n) is 5.51. The maximum atomic E-state index is 13.2. The summed E-state index contributed by atoms with van der Waals surface area (Å²) in [5.41, 5.74) is -1.87. The van der Waals surface area contributed by atoms with Crippen LogP contribution in [0.5, 0.6) is 0 Å². The van der Waals surface area contributed by atoms with Gasteiger partial charge in [-0.25, -0.2) is 9.18 Å². The molecule has 2 unspecified atom stereocenters. The molecule has 2 rings (SSSR count). The fraction of sp³-hybridized carbons (Fsp3) is 0.750. The molecule has 84 valence electrons. The summed E-state index contributed by atoms with van der Waals surface area (Å²) >= 11 is 0. The zero-order chi connectivity index (χ0) is 11.1. The van der Waals surface area contributed by atoms with Crippen LogP contribution in [0.4, 0.5) is 4.39 Å². The number of carbonyl (C=O) groups excluding carboxylic acids is 1. The Balaban J connectivity index is 1.80. The third-order valence-electron chi connectivity index (χ3n) is 3.33. The molecule has 3 heteroatoms. The highest BCUT2D eigenvalue weighted by atomic mass is 19.1. The molecular formula is C12H17FO2. The summed E-state index contributed by atoms with van der Waals surface area (Å²) < 4.78 is 18.2. The zero-order valence-electron chi connectivity index (χ0n) is 9.20. The summed E-state index contributed by atoms with van der Waals surface area (Å²) in [6.45, 7) is 2.84. The van der Waals surface area contributed by atoms with Gasteiger partial charge in [0.15, 0.2) is 0 Å². The fourth-order valence-corrected chi connectivity index (χ4v) is 2.44. The van der Waals surface area contributed by atoms with Gasteiger partial charge in [0, 0.05) is 0 Å². The second-order valence-corrected chi connectivity index (χ2v) is 5.11. The van der Waals surface area contributed by atoms with E-state index in [2.05, 4.69) is 12.2 Å². The van der Waals surface area contributed by atoms with Crippen LogP contribution in [-0.2, 0) is 9.53 Å². The number of rotatable bonds is 3. The number of carbonyl (C=O) groups is 1. The molecule has 0 heterocycles. The van der Waals surface area contributed by atoms with Crippen molar-refractivity contribution in [3.63, 3.8) is 0 Å². The normalized spacial score (nSPS) is 33.4. The van der Waals surface area contributed by atoms with Gasteiger partial charge in [0.2, 0.25) is 5.67 Å². The van der Waals surface area contributed by atoms with Gasteiger partial charge in [-0.1, -0.05) is 12.2 Å². The molecule has 3 atom stereocenters. The Morgan fingerprint density at radius 3 is 2.67 bits per heavy atom. The Labute approximate surface area is 89.5 Å². The maximum absolute atomic E-state index is 13.2. The largest absolute Gasteiger partial charge is 0.463 e. The molecule has 0 radical (unpaired) electrons. The molecule has 0 spiro atoms. The van der Waals surface area contributed by atoms with E-state index in [1.807, 2.05) is 0 Å². The second kappa shape index (κ2) is 3.62. The van der Waals surface area contributed by atoms with Crippen molar-refractivity contribution in [3.05, 3.63) is 12.2 Å². The number of halogens is 1. The number of hydrogen-bond acceptors (Lipinski definition) is 2. The monoisotopic (exact) mass is 212 g/mol. The van der Waals surface area contributed by atoms with Gasteiger partial charge >= 0.3 is 5.97 Å². The highest BCUT2D eigenvalue weighted by Gasteiger charge is 2.37.